The van der Waals surface area contributed by atoms with E-state index in [2.05, 4.69) is 39.0 Å². The lowest BCUT2D eigenvalue weighted by molar-refractivity contribution is 0.243. The van der Waals surface area contributed by atoms with Crippen LogP contribution in [0.5, 0.6) is 0 Å². The number of benzene rings is 1. The molecule has 0 unspecified atom stereocenters. The van der Waals surface area contributed by atoms with Crippen molar-refractivity contribution in [1.29, 1.82) is 0 Å². The minimum atomic E-state index is 0.628. The molecule has 3 rings (SSSR count). The van der Waals surface area contributed by atoms with Crippen molar-refractivity contribution in [2.45, 2.75) is 51.1 Å². The van der Waals surface area contributed by atoms with Crippen molar-refractivity contribution >= 4 is 21.6 Å². The van der Waals surface area contributed by atoms with Gasteiger partial charge in [0.1, 0.15) is 0 Å². The third-order valence-corrected chi connectivity index (χ3v) is 5.31. The summed E-state index contributed by atoms with van der Waals surface area (Å²) in [6.07, 6.45) is 8.38. The van der Waals surface area contributed by atoms with Gasteiger partial charge in [-0.25, -0.2) is 0 Å². The van der Waals surface area contributed by atoms with Crippen LogP contribution in [0.1, 0.15) is 44.1 Å². The van der Waals surface area contributed by atoms with Crippen LogP contribution in [0, 0.1) is 5.92 Å². The van der Waals surface area contributed by atoms with Crippen molar-refractivity contribution in [3.05, 3.63) is 28.2 Å². The van der Waals surface area contributed by atoms with Crippen LogP contribution in [0.4, 0.5) is 5.69 Å². The van der Waals surface area contributed by atoms with Crippen LogP contribution in [0.15, 0.2) is 22.7 Å². The summed E-state index contributed by atoms with van der Waals surface area (Å²) in [6, 6.07) is 7.35. The number of rotatable bonds is 2. The van der Waals surface area contributed by atoms with Crippen molar-refractivity contribution in [2.24, 2.45) is 11.7 Å². The molecular formula is C16H23BrN2. The Morgan fingerprint density at radius 3 is 2.79 bits per heavy atom. The molecule has 0 radical (unpaired) electrons. The summed E-state index contributed by atoms with van der Waals surface area (Å²) >= 11 is 3.56. The zero-order chi connectivity index (χ0) is 13.2. The van der Waals surface area contributed by atoms with E-state index in [1.54, 1.807) is 0 Å². The van der Waals surface area contributed by atoms with Crippen molar-refractivity contribution in [3.63, 3.8) is 0 Å². The first-order valence-electron chi connectivity index (χ1n) is 7.54. The maximum atomic E-state index is 5.95. The average Bonchev–Trinajstić information content (AvgIpc) is 2.46. The summed E-state index contributed by atoms with van der Waals surface area (Å²) in [5.74, 6) is 0.914. The van der Waals surface area contributed by atoms with E-state index < -0.39 is 0 Å². The van der Waals surface area contributed by atoms with Gasteiger partial charge in [0.2, 0.25) is 0 Å². The smallest absolute Gasteiger partial charge is 0.0415 e. The predicted molar refractivity (Wildman–Crippen MR) is 84.4 cm³/mol. The highest BCUT2D eigenvalue weighted by molar-refractivity contribution is 9.10. The van der Waals surface area contributed by atoms with Crippen LogP contribution in [-0.2, 0) is 6.54 Å². The maximum Gasteiger partial charge on any atom is 0.0415 e. The molecule has 2 aliphatic rings. The highest BCUT2D eigenvalue weighted by Crippen LogP contribution is 2.39. The fraction of sp³-hybridized carbons (Fsp3) is 0.625. The summed E-state index contributed by atoms with van der Waals surface area (Å²) < 4.78 is 1.13. The molecule has 2 fully saturated rings. The van der Waals surface area contributed by atoms with Gasteiger partial charge in [0, 0.05) is 29.3 Å². The number of piperidine rings is 1. The van der Waals surface area contributed by atoms with Gasteiger partial charge in [0.05, 0.1) is 0 Å². The molecule has 0 bridgehead atoms. The number of nitrogens with zero attached hydrogens (tertiary/aromatic N) is 1. The van der Waals surface area contributed by atoms with E-state index in [9.17, 15) is 0 Å². The van der Waals surface area contributed by atoms with E-state index in [-0.39, 0.29) is 0 Å². The fourth-order valence-corrected chi connectivity index (χ4v) is 4.33. The number of hydrogen-bond donors (Lipinski definition) is 1. The fourth-order valence-electron chi connectivity index (χ4n) is 3.92. The van der Waals surface area contributed by atoms with Gasteiger partial charge >= 0.3 is 0 Å². The number of hydrogen-bond acceptors (Lipinski definition) is 2. The van der Waals surface area contributed by atoms with Crippen LogP contribution in [-0.4, -0.2) is 12.6 Å². The first-order chi connectivity index (χ1) is 9.29. The Bertz CT molecular complexity index is 444. The molecule has 0 spiro atoms. The monoisotopic (exact) mass is 322 g/mol. The topological polar surface area (TPSA) is 29.3 Å². The van der Waals surface area contributed by atoms with Crippen molar-refractivity contribution < 1.29 is 0 Å². The molecule has 1 saturated heterocycles. The second kappa shape index (κ2) is 5.84. The Morgan fingerprint density at radius 2 is 1.95 bits per heavy atom. The largest absolute Gasteiger partial charge is 0.368 e. The minimum absolute atomic E-state index is 0.628. The Kier molecular flexibility index (Phi) is 4.13. The van der Waals surface area contributed by atoms with Gasteiger partial charge in [-0.2, -0.15) is 0 Å². The van der Waals surface area contributed by atoms with E-state index in [1.165, 1.54) is 56.3 Å². The molecule has 2 N–H and O–H groups in total. The van der Waals surface area contributed by atoms with Crippen molar-refractivity contribution in [3.8, 4) is 0 Å². The highest BCUT2D eigenvalue weighted by Gasteiger charge is 2.33. The predicted octanol–water partition coefficient (Wildman–Crippen LogP) is 4.07. The molecule has 2 atom stereocenters. The van der Waals surface area contributed by atoms with Gasteiger partial charge in [-0.1, -0.05) is 28.8 Å². The zero-order valence-electron chi connectivity index (χ0n) is 11.4. The Morgan fingerprint density at radius 1 is 1.16 bits per heavy atom. The van der Waals surface area contributed by atoms with Crippen molar-refractivity contribution in [2.75, 3.05) is 11.4 Å². The minimum Gasteiger partial charge on any atom is -0.368 e. The van der Waals surface area contributed by atoms with Gasteiger partial charge in [-0.05, 0) is 55.4 Å². The Hall–Kier alpha value is -0.540. The standard InChI is InChI=1S/C16H23BrN2/c17-14-7-8-16(13(10-14)11-18)19-9-3-5-12-4-1-2-6-15(12)19/h7-8,10,12,15H,1-6,9,11,18H2/t12-,15-/m1/s1. The summed E-state index contributed by atoms with van der Waals surface area (Å²) in [7, 11) is 0. The number of nitrogens with two attached hydrogens (primary N) is 1. The Labute approximate surface area is 124 Å². The van der Waals surface area contributed by atoms with E-state index >= 15 is 0 Å². The summed E-state index contributed by atoms with van der Waals surface area (Å²) in [5.41, 5.74) is 8.60. The normalized spacial score (nSPS) is 27.2. The lowest BCUT2D eigenvalue weighted by Crippen LogP contribution is -2.47. The van der Waals surface area contributed by atoms with E-state index in [1.807, 2.05) is 0 Å². The summed E-state index contributed by atoms with van der Waals surface area (Å²) in [4.78, 5) is 2.65. The second-order valence-corrected chi connectivity index (χ2v) is 6.84. The van der Waals surface area contributed by atoms with Crippen LogP contribution in [0.2, 0.25) is 0 Å². The quantitative estimate of drug-likeness (QED) is 0.889. The molecule has 1 aliphatic carbocycles. The first kappa shape index (κ1) is 13.4. The third-order valence-electron chi connectivity index (χ3n) is 4.81. The second-order valence-electron chi connectivity index (χ2n) is 5.92. The lowest BCUT2D eigenvalue weighted by Gasteiger charge is -2.46. The SMILES string of the molecule is NCc1cc(Br)ccc1N1CCC[C@H]2CCCC[C@H]21. The molecular weight excluding hydrogens is 300 g/mol. The number of halogens is 1. The van der Waals surface area contributed by atoms with Crippen molar-refractivity contribution in [1.82, 2.24) is 0 Å². The maximum absolute atomic E-state index is 5.95. The van der Waals surface area contributed by atoms with Crippen LogP contribution in [0.25, 0.3) is 0 Å². The molecule has 2 nitrogen and oxygen atoms in total. The van der Waals surface area contributed by atoms with E-state index in [0.29, 0.717) is 6.54 Å². The van der Waals surface area contributed by atoms with E-state index in [4.69, 9.17) is 5.73 Å². The highest BCUT2D eigenvalue weighted by atomic mass is 79.9. The third kappa shape index (κ3) is 2.68. The summed E-state index contributed by atoms with van der Waals surface area (Å²) in [5, 5.41) is 0. The number of anilines is 1. The Balaban J connectivity index is 1.91. The van der Waals surface area contributed by atoms with E-state index in [0.717, 1.165) is 16.4 Å². The molecule has 19 heavy (non-hydrogen) atoms. The molecule has 104 valence electrons. The summed E-state index contributed by atoms with van der Waals surface area (Å²) in [6.45, 7) is 1.83. The molecule has 0 amide bonds. The van der Waals surface area contributed by atoms with Gasteiger partial charge in [0.15, 0.2) is 0 Å². The molecule has 0 aromatic heterocycles. The molecule has 1 aliphatic heterocycles. The molecule has 1 heterocycles. The molecule has 1 saturated carbocycles. The van der Waals surface area contributed by atoms with Gasteiger partial charge in [0.25, 0.3) is 0 Å². The average molecular weight is 323 g/mol. The van der Waals surface area contributed by atoms with Crippen LogP contribution < -0.4 is 10.6 Å². The first-order valence-corrected chi connectivity index (χ1v) is 8.34. The lowest BCUT2D eigenvalue weighted by atomic mass is 9.78. The molecule has 1 aromatic rings. The zero-order valence-corrected chi connectivity index (χ0v) is 13.0. The van der Waals surface area contributed by atoms with Crippen LogP contribution in [0.3, 0.4) is 0 Å². The van der Waals surface area contributed by atoms with Gasteiger partial charge in [-0.3, -0.25) is 0 Å². The van der Waals surface area contributed by atoms with Crippen LogP contribution >= 0.6 is 15.9 Å². The van der Waals surface area contributed by atoms with Gasteiger partial charge < -0.3 is 10.6 Å². The number of fused-ring (bicyclic) bond motifs is 1. The molecule has 1 aromatic carbocycles. The molecule has 3 heteroatoms. The van der Waals surface area contributed by atoms with Gasteiger partial charge in [-0.15, -0.1) is 0 Å².